The molecule has 3 unspecified atom stereocenters. The van der Waals surface area contributed by atoms with Crippen molar-refractivity contribution >= 4 is 29.4 Å². The fourth-order valence-corrected chi connectivity index (χ4v) is 5.61. The number of nitrogens with zero attached hydrogens (tertiary/aromatic N) is 4. The molecule has 1 aliphatic carbocycles. The second-order valence-corrected chi connectivity index (χ2v) is 10.5. The monoisotopic (exact) mass is 515 g/mol. The summed E-state index contributed by atoms with van der Waals surface area (Å²) in [5.41, 5.74) is 5.58. The number of carbonyl (C=O) groups excluding carboxylic acids is 2. The Labute approximate surface area is 215 Å². The molecular weight excluding hydrogens is 485 g/mol. The van der Waals surface area contributed by atoms with Gasteiger partial charge in [0.2, 0.25) is 17.8 Å². The van der Waals surface area contributed by atoms with E-state index in [2.05, 4.69) is 14.9 Å². The van der Waals surface area contributed by atoms with E-state index in [-0.39, 0.29) is 12.3 Å². The van der Waals surface area contributed by atoms with Crippen molar-refractivity contribution in [1.29, 1.82) is 0 Å². The van der Waals surface area contributed by atoms with E-state index < -0.39 is 17.8 Å². The van der Waals surface area contributed by atoms with Crippen LogP contribution in [0.2, 0.25) is 5.02 Å². The average Bonchev–Trinajstić information content (AvgIpc) is 3.60. The van der Waals surface area contributed by atoms with Gasteiger partial charge in [0.25, 0.3) is 0 Å². The van der Waals surface area contributed by atoms with E-state index in [1.54, 1.807) is 24.5 Å². The third-order valence-corrected chi connectivity index (χ3v) is 8.00. The van der Waals surface area contributed by atoms with Crippen molar-refractivity contribution in [2.24, 2.45) is 23.5 Å². The zero-order valence-electron chi connectivity index (χ0n) is 20.1. The highest BCUT2D eigenvalue weighted by molar-refractivity contribution is 6.30. The molecule has 1 saturated carbocycles. The van der Waals surface area contributed by atoms with E-state index in [0.29, 0.717) is 47.7 Å². The lowest BCUT2D eigenvalue weighted by Gasteiger charge is -2.38. The molecule has 1 aromatic carbocycles. The van der Waals surface area contributed by atoms with Crippen molar-refractivity contribution in [3.8, 4) is 5.75 Å². The van der Waals surface area contributed by atoms with Crippen LogP contribution in [-0.4, -0.2) is 59.0 Å². The number of halogens is 2. The lowest BCUT2D eigenvalue weighted by Crippen LogP contribution is -2.57. The van der Waals surface area contributed by atoms with Crippen LogP contribution in [0, 0.1) is 23.6 Å². The Balaban J connectivity index is 1.02. The van der Waals surface area contributed by atoms with Gasteiger partial charge in [-0.15, -0.1) is 0 Å². The van der Waals surface area contributed by atoms with E-state index in [4.69, 9.17) is 22.1 Å². The fraction of sp³-hybridized carbons (Fsp3) is 0.538. The van der Waals surface area contributed by atoms with Crippen LogP contribution in [0.4, 0.5) is 10.3 Å². The van der Waals surface area contributed by atoms with Crippen LogP contribution in [0.15, 0.2) is 30.6 Å². The van der Waals surface area contributed by atoms with Crippen molar-refractivity contribution in [1.82, 2.24) is 14.9 Å². The Hall–Kier alpha value is -2.94. The quantitative estimate of drug-likeness (QED) is 0.550. The number of nitrogens with two attached hydrogens (primary N) is 1. The molecule has 0 spiro atoms. The molecule has 8 nitrogen and oxygen atoms in total. The fourth-order valence-electron chi connectivity index (χ4n) is 5.51. The van der Waals surface area contributed by atoms with Gasteiger partial charge in [0.15, 0.2) is 0 Å². The van der Waals surface area contributed by atoms with Crippen molar-refractivity contribution in [2.45, 2.75) is 44.6 Å². The maximum Gasteiger partial charge on any atom is 0.240 e. The first-order valence-corrected chi connectivity index (χ1v) is 13.0. The molecule has 2 amide bonds. The molecule has 2 aliphatic heterocycles. The number of amides is 2. The second-order valence-electron chi connectivity index (χ2n) is 10.0. The summed E-state index contributed by atoms with van der Waals surface area (Å²) in [5.74, 6) is 2.04. The minimum absolute atomic E-state index is 0.0946. The molecule has 5 rings (SSSR count). The molecule has 0 radical (unpaired) electrons. The number of hydrogen-bond acceptors (Lipinski definition) is 6. The van der Waals surface area contributed by atoms with E-state index in [1.165, 1.54) is 17.4 Å². The molecule has 3 atom stereocenters. The van der Waals surface area contributed by atoms with Gasteiger partial charge in [-0.25, -0.2) is 14.4 Å². The highest BCUT2D eigenvalue weighted by atomic mass is 35.5. The first kappa shape index (κ1) is 24.7. The summed E-state index contributed by atoms with van der Waals surface area (Å²) in [4.78, 5) is 36.0. The largest absolute Gasteiger partial charge is 0.493 e. The normalized spacial score (nSPS) is 23.8. The number of primary amides is 1. The van der Waals surface area contributed by atoms with E-state index in [1.807, 2.05) is 0 Å². The topological polar surface area (TPSA) is 102 Å². The van der Waals surface area contributed by atoms with Crippen molar-refractivity contribution in [2.75, 3.05) is 31.1 Å². The highest BCUT2D eigenvalue weighted by Crippen LogP contribution is 2.49. The highest BCUT2D eigenvalue weighted by Gasteiger charge is 2.43. The average molecular weight is 516 g/mol. The number of ether oxygens (including phenoxy) is 1. The zero-order chi connectivity index (χ0) is 25.2. The van der Waals surface area contributed by atoms with Crippen LogP contribution >= 0.6 is 11.6 Å². The Morgan fingerprint density at radius 1 is 1.14 bits per heavy atom. The van der Waals surface area contributed by atoms with Crippen LogP contribution in [0.3, 0.4) is 0 Å². The molecular formula is C26H31ClFN5O3. The number of benzene rings is 1. The lowest BCUT2D eigenvalue weighted by atomic mass is 9.90. The van der Waals surface area contributed by atoms with Gasteiger partial charge >= 0.3 is 0 Å². The second kappa shape index (κ2) is 10.6. The third-order valence-electron chi connectivity index (χ3n) is 7.80. The third kappa shape index (κ3) is 5.56. The van der Waals surface area contributed by atoms with E-state index in [0.717, 1.165) is 44.2 Å². The standard InChI is InChI=1S/C26H31ClFN5O3/c27-19-14-30-26(31-15-19)32-7-3-16(4-8-32)21-11-17(21)6-10-36-20-2-1-18(22(28)13-20)12-24(34)33-9-5-23(33)25(29)35/h1-2,13-17,21,23H,3-12H2,(H2,29,35). The summed E-state index contributed by atoms with van der Waals surface area (Å²) < 4.78 is 20.4. The molecule has 2 aromatic rings. The van der Waals surface area contributed by atoms with Crippen molar-refractivity contribution in [3.05, 3.63) is 47.0 Å². The molecule has 1 aromatic heterocycles. The summed E-state index contributed by atoms with van der Waals surface area (Å²) in [5, 5.41) is 0.548. The van der Waals surface area contributed by atoms with Crippen LogP contribution < -0.4 is 15.4 Å². The van der Waals surface area contributed by atoms with Crippen LogP contribution in [0.5, 0.6) is 5.75 Å². The van der Waals surface area contributed by atoms with Gasteiger partial charge in [0, 0.05) is 25.7 Å². The summed E-state index contributed by atoms with van der Waals surface area (Å²) in [6, 6.07) is 4.05. The van der Waals surface area contributed by atoms with Gasteiger partial charge in [-0.05, 0) is 61.5 Å². The maximum atomic E-state index is 14.6. The number of likely N-dealkylation sites (tertiary alicyclic amines) is 1. The number of hydrogen-bond donors (Lipinski definition) is 1. The number of rotatable bonds is 9. The summed E-state index contributed by atoms with van der Waals surface area (Å²) >= 11 is 5.88. The van der Waals surface area contributed by atoms with Gasteiger partial charge in [0.1, 0.15) is 17.6 Å². The lowest BCUT2D eigenvalue weighted by molar-refractivity contribution is -0.145. The summed E-state index contributed by atoms with van der Waals surface area (Å²) in [6.07, 6.45) is 8.20. The molecule has 3 fully saturated rings. The smallest absolute Gasteiger partial charge is 0.240 e. The van der Waals surface area contributed by atoms with Crippen LogP contribution in [0.25, 0.3) is 0 Å². The number of anilines is 1. The minimum atomic E-state index is -0.570. The zero-order valence-corrected chi connectivity index (χ0v) is 20.9. The summed E-state index contributed by atoms with van der Waals surface area (Å²) in [6.45, 7) is 2.94. The Bertz CT molecular complexity index is 1110. The molecule has 3 heterocycles. The summed E-state index contributed by atoms with van der Waals surface area (Å²) in [7, 11) is 0. The van der Waals surface area contributed by atoms with Gasteiger partial charge in [-0.3, -0.25) is 9.59 Å². The molecule has 2 N–H and O–H groups in total. The van der Waals surface area contributed by atoms with Gasteiger partial charge in [-0.1, -0.05) is 17.7 Å². The predicted octanol–water partition coefficient (Wildman–Crippen LogP) is 3.22. The minimum Gasteiger partial charge on any atom is -0.493 e. The SMILES string of the molecule is NC(=O)C1CCN1C(=O)Cc1ccc(OCCC2CC2C2CCN(c3ncc(Cl)cn3)CC2)cc1F. The van der Waals surface area contributed by atoms with Gasteiger partial charge in [0.05, 0.1) is 30.4 Å². The van der Waals surface area contributed by atoms with Gasteiger partial charge < -0.3 is 20.3 Å². The first-order chi connectivity index (χ1) is 17.4. The Morgan fingerprint density at radius 3 is 2.53 bits per heavy atom. The van der Waals surface area contributed by atoms with Crippen molar-refractivity contribution in [3.63, 3.8) is 0 Å². The molecule has 2 saturated heterocycles. The first-order valence-electron chi connectivity index (χ1n) is 12.6. The Kier molecular flexibility index (Phi) is 7.27. The van der Waals surface area contributed by atoms with Crippen LogP contribution in [0.1, 0.15) is 37.7 Å². The van der Waals surface area contributed by atoms with Crippen LogP contribution in [-0.2, 0) is 16.0 Å². The molecule has 10 heteroatoms. The van der Waals surface area contributed by atoms with E-state index in [9.17, 15) is 14.0 Å². The number of aromatic nitrogens is 2. The van der Waals surface area contributed by atoms with Crippen molar-refractivity contribution < 1.29 is 18.7 Å². The number of carbonyl (C=O) groups is 2. The van der Waals surface area contributed by atoms with E-state index >= 15 is 0 Å². The molecule has 36 heavy (non-hydrogen) atoms. The molecule has 192 valence electrons. The van der Waals surface area contributed by atoms with Gasteiger partial charge in [-0.2, -0.15) is 0 Å². The number of piperidine rings is 1. The molecule has 0 bridgehead atoms. The Morgan fingerprint density at radius 2 is 1.89 bits per heavy atom. The maximum absolute atomic E-state index is 14.6. The molecule has 3 aliphatic rings. The predicted molar refractivity (Wildman–Crippen MR) is 133 cm³/mol.